The third-order valence-corrected chi connectivity index (χ3v) is 1.50. The summed E-state index contributed by atoms with van der Waals surface area (Å²) >= 11 is 0. The van der Waals surface area contributed by atoms with Gasteiger partial charge < -0.3 is 4.74 Å². The van der Waals surface area contributed by atoms with E-state index < -0.39 is 12.0 Å². The molecule has 1 fully saturated rings. The van der Waals surface area contributed by atoms with E-state index in [9.17, 15) is 9.59 Å². The molecule has 1 aliphatic heterocycles. The van der Waals surface area contributed by atoms with Crippen LogP contribution >= 0.6 is 0 Å². The first-order valence-corrected chi connectivity index (χ1v) is 3.29. The Kier molecular flexibility index (Phi) is 1.94. The molecule has 1 heterocycles. The summed E-state index contributed by atoms with van der Waals surface area (Å²) in [5.74, 6) is -0.403. The first kappa shape index (κ1) is 7.78. The summed E-state index contributed by atoms with van der Waals surface area (Å²) < 4.78 is 4.62. The van der Waals surface area contributed by atoms with Crippen molar-refractivity contribution in [3.05, 3.63) is 12.7 Å². The molecule has 1 saturated heterocycles. The number of imide groups is 1. The molecule has 1 rings (SSSR count). The van der Waals surface area contributed by atoms with Gasteiger partial charge in [0.05, 0.1) is 6.04 Å². The molecule has 0 bridgehead atoms. The maximum atomic E-state index is 10.9. The molecule has 0 aliphatic carbocycles. The first-order valence-electron chi connectivity index (χ1n) is 3.29. The van der Waals surface area contributed by atoms with Crippen LogP contribution in [0.3, 0.4) is 0 Å². The van der Waals surface area contributed by atoms with Crippen LogP contribution in [0, 0.1) is 0 Å². The lowest BCUT2D eigenvalue weighted by atomic mass is 10.3. The standard InChI is InChI=1S/C7H9NO3/c1-3-6(9)8-5(2)4-11-7(8)10/h3,5H,1,4H2,2H3. The fraction of sp³-hybridized carbons (Fsp3) is 0.429. The van der Waals surface area contributed by atoms with Crippen molar-refractivity contribution < 1.29 is 14.3 Å². The third kappa shape index (κ3) is 1.24. The van der Waals surface area contributed by atoms with E-state index in [1.807, 2.05) is 0 Å². The monoisotopic (exact) mass is 155 g/mol. The molecule has 1 aliphatic rings. The Hall–Kier alpha value is -1.32. The molecular weight excluding hydrogens is 146 g/mol. The SMILES string of the molecule is C=CC(=O)N1C(=O)OCC1C. The summed E-state index contributed by atoms with van der Waals surface area (Å²) in [6.45, 7) is 5.29. The van der Waals surface area contributed by atoms with E-state index in [-0.39, 0.29) is 12.6 Å². The predicted octanol–water partition coefficient (Wildman–Crippen LogP) is 0.540. The van der Waals surface area contributed by atoms with Gasteiger partial charge in [-0.1, -0.05) is 6.58 Å². The summed E-state index contributed by atoms with van der Waals surface area (Å²) in [4.78, 5) is 22.8. The van der Waals surface area contributed by atoms with E-state index in [1.54, 1.807) is 6.92 Å². The summed E-state index contributed by atoms with van der Waals surface area (Å²) in [6.07, 6.45) is 0.519. The van der Waals surface area contributed by atoms with E-state index in [0.717, 1.165) is 11.0 Å². The van der Waals surface area contributed by atoms with Crippen molar-refractivity contribution in [2.75, 3.05) is 6.61 Å². The topological polar surface area (TPSA) is 46.6 Å². The zero-order valence-corrected chi connectivity index (χ0v) is 6.24. The Morgan fingerprint density at radius 1 is 1.91 bits per heavy atom. The minimum atomic E-state index is -0.581. The van der Waals surface area contributed by atoms with Gasteiger partial charge in [-0.15, -0.1) is 0 Å². The van der Waals surface area contributed by atoms with Crippen LogP contribution in [0.15, 0.2) is 12.7 Å². The van der Waals surface area contributed by atoms with Gasteiger partial charge in [-0.2, -0.15) is 0 Å². The van der Waals surface area contributed by atoms with Crippen LogP contribution in [-0.4, -0.2) is 29.5 Å². The van der Waals surface area contributed by atoms with E-state index in [2.05, 4.69) is 11.3 Å². The number of hydrogen-bond acceptors (Lipinski definition) is 3. The molecule has 0 N–H and O–H groups in total. The molecule has 0 spiro atoms. The Balaban J connectivity index is 2.76. The van der Waals surface area contributed by atoms with E-state index in [1.165, 1.54) is 0 Å². The summed E-state index contributed by atoms with van der Waals surface area (Å²) in [6, 6.07) is -0.173. The van der Waals surface area contributed by atoms with Gasteiger partial charge in [0.25, 0.3) is 5.91 Å². The number of hydrogen-bond donors (Lipinski definition) is 0. The van der Waals surface area contributed by atoms with Gasteiger partial charge in [0.1, 0.15) is 6.61 Å². The van der Waals surface area contributed by atoms with E-state index in [4.69, 9.17) is 0 Å². The fourth-order valence-corrected chi connectivity index (χ4v) is 0.921. The second kappa shape index (κ2) is 2.74. The van der Waals surface area contributed by atoms with Gasteiger partial charge >= 0.3 is 6.09 Å². The number of carbonyl (C=O) groups excluding carboxylic acids is 2. The molecule has 0 aromatic heterocycles. The molecule has 2 amide bonds. The molecule has 60 valence electrons. The van der Waals surface area contributed by atoms with Crippen molar-refractivity contribution in [2.45, 2.75) is 13.0 Å². The molecule has 4 nitrogen and oxygen atoms in total. The van der Waals surface area contributed by atoms with Crippen molar-refractivity contribution in [1.29, 1.82) is 0 Å². The van der Waals surface area contributed by atoms with Crippen LogP contribution < -0.4 is 0 Å². The number of carbonyl (C=O) groups is 2. The van der Waals surface area contributed by atoms with Gasteiger partial charge in [-0.05, 0) is 13.0 Å². The number of amides is 2. The maximum absolute atomic E-state index is 10.9. The van der Waals surface area contributed by atoms with Gasteiger partial charge in [0.2, 0.25) is 0 Å². The number of cyclic esters (lactones) is 1. The van der Waals surface area contributed by atoms with Crippen LogP contribution in [0.2, 0.25) is 0 Å². The van der Waals surface area contributed by atoms with Crippen LogP contribution in [0.4, 0.5) is 4.79 Å². The largest absolute Gasteiger partial charge is 0.447 e. The highest BCUT2D eigenvalue weighted by molar-refractivity contribution is 5.99. The van der Waals surface area contributed by atoms with Gasteiger partial charge in [0, 0.05) is 0 Å². The Labute approximate surface area is 64.4 Å². The second-order valence-corrected chi connectivity index (χ2v) is 2.34. The van der Waals surface area contributed by atoms with Crippen LogP contribution in [0.5, 0.6) is 0 Å². The average Bonchev–Trinajstić information content (AvgIpc) is 2.30. The highest BCUT2D eigenvalue weighted by Gasteiger charge is 2.33. The minimum absolute atomic E-state index is 0.173. The lowest BCUT2D eigenvalue weighted by molar-refractivity contribution is -0.123. The van der Waals surface area contributed by atoms with Crippen molar-refractivity contribution in [3.8, 4) is 0 Å². The average molecular weight is 155 g/mol. The van der Waals surface area contributed by atoms with Gasteiger partial charge in [-0.25, -0.2) is 9.69 Å². The highest BCUT2D eigenvalue weighted by Crippen LogP contribution is 2.11. The zero-order chi connectivity index (χ0) is 8.43. The molecule has 1 atom stereocenters. The molecule has 0 aromatic rings. The summed E-state index contributed by atoms with van der Waals surface area (Å²) in [7, 11) is 0. The molecule has 1 unspecified atom stereocenters. The smallest absolute Gasteiger partial charge is 0.417 e. The van der Waals surface area contributed by atoms with Crippen molar-refractivity contribution in [1.82, 2.24) is 4.90 Å². The highest BCUT2D eigenvalue weighted by atomic mass is 16.6. The lowest BCUT2D eigenvalue weighted by Crippen LogP contribution is -2.35. The maximum Gasteiger partial charge on any atom is 0.417 e. The van der Waals surface area contributed by atoms with Gasteiger partial charge in [-0.3, -0.25) is 4.79 Å². The van der Waals surface area contributed by atoms with E-state index in [0.29, 0.717) is 0 Å². The van der Waals surface area contributed by atoms with Crippen molar-refractivity contribution in [2.24, 2.45) is 0 Å². The predicted molar refractivity (Wildman–Crippen MR) is 37.9 cm³/mol. The van der Waals surface area contributed by atoms with Crippen molar-refractivity contribution in [3.63, 3.8) is 0 Å². The normalized spacial score (nSPS) is 23.2. The third-order valence-electron chi connectivity index (χ3n) is 1.50. The summed E-state index contributed by atoms with van der Waals surface area (Å²) in [5.41, 5.74) is 0. The van der Waals surface area contributed by atoms with Gasteiger partial charge in [0.15, 0.2) is 0 Å². The molecular formula is C7H9NO3. The second-order valence-electron chi connectivity index (χ2n) is 2.34. The minimum Gasteiger partial charge on any atom is -0.447 e. The number of rotatable bonds is 1. The Bertz CT molecular complexity index is 212. The van der Waals surface area contributed by atoms with Crippen LogP contribution in [0.25, 0.3) is 0 Å². The quantitative estimate of drug-likeness (QED) is 0.519. The Morgan fingerprint density at radius 3 is 2.91 bits per heavy atom. The zero-order valence-electron chi connectivity index (χ0n) is 6.24. The van der Waals surface area contributed by atoms with Crippen LogP contribution in [0.1, 0.15) is 6.92 Å². The molecule has 0 aromatic carbocycles. The first-order chi connectivity index (χ1) is 5.16. The van der Waals surface area contributed by atoms with Crippen LogP contribution in [-0.2, 0) is 9.53 Å². The van der Waals surface area contributed by atoms with Crippen molar-refractivity contribution >= 4 is 12.0 Å². The molecule has 4 heteroatoms. The molecule has 11 heavy (non-hydrogen) atoms. The number of nitrogens with zero attached hydrogens (tertiary/aromatic N) is 1. The lowest BCUT2D eigenvalue weighted by Gasteiger charge is -2.12. The summed E-state index contributed by atoms with van der Waals surface area (Å²) in [5, 5.41) is 0. The molecule has 0 radical (unpaired) electrons. The Morgan fingerprint density at radius 2 is 2.55 bits per heavy atom. The fourth-order valence-electron chi connectivity index (χ4n) is 0.921. The van der Waals surface area contributed by atoms with E-state index >= 15 is 0 Å². The molecule has 0 saturated carbocycles. The number of ether oxygens (including phenoxy) is 1.